The number of hydrogen-bond donors (Lipinski definition) is 1. The van der Waals surface area contributed by atoms with Gasteiger partial charge < -0.3 is 15.0 Å². The zero-order valence-corrected chi connectivity index (χ0v) is 15.1. The van der Waals surface area contributed by atoms with Crippen LogP contribution in [0.25, 0.3) is 0 Å². The molecular formula is C19H25N3O4. The lowest BCUT2D eigenvalue weighted by molar-refractivity contribution is -0.142. The minimum Gasteiger partial charge on any atom is -0.368 e. The van der Waals surface area contributed by atoms with Crippen LogP contribution in [0, 0.1) is 0 Å². The molecule has 0 aliphatic carbocycles. The van der Waals surface area contributed by atoms with Gasteiger partial charge in [-0.05, 0) is 31.9 Å². The maximum absolute atomic E-state index is 12.3. The fourth-order valence-corrected chi connectivity index (χ4v) is 3.32. The molecule has 0 aromatic heterocycles. The Morgan fingerprint density at radius 3 is 2.62 bits per heavy atom. The second-order valence-electron chi connectivity index (χ2n) is 6.79. The van der Waals surface area contributed by atoms with Gasteiger partial charge in [0.15, 0.2) is 5.78 Å². The summed E-state index contributed by atoms with van der Waals surface area (Å²) in [7, 11) is 0. The van der Waals surface area contributed by atoms with Crippen LogP contribution < -0.4 is 5.32 Å². The normalized spacial score (nSPS) is 20.8. The van der Waals surface area contributed by atoms with Crippen molar-refractivity contribution >= 4 is 23.3 Å². The van der Waals surface area contributed by atoms with Gasteiger partial charge in [-0.15, -0.1) is 0 Å². The van der Waals surface area contributed by atoms with Crippen molar-refractivity contribution < 1.29 is 19.1 Å². The molecule has 26 heavy (non-hydrogen) atoms. The minimum absolute atomic E-state index is 0.0341. The Morgan fingerprint density at radius 1 is 1.19 bits per heavy atom. The van der Waals surface area contributed by atoms with Crippen molar-refractivity contribution in [3.05, 3.63) is 29.8 Å². The summed E-state index contributed by atoms with van der Waals surface area (Å²) in [6.45, 7) is 5.00. The quantitative estimate of drug-likeness (QED) is 0.798. The first-order chi connectivity index (χ1) is 12.5. The Kier molecular flexibility index (Phi) is 6.00. The third kappa shape index (κ3) is 4.68. The monoisotopic (exact) mass is 359 g/mol. The van der Waals surface area contributed by atoms with Crippen LogP contribution in [-0.4, -0.2) is 72.8 Å². The predicted molar refractivity (Wildman–Crippen MR) is 97.1 cm³/mol. The largest absolute Gasteiger partial charge is 0.368 e. The van der Waals surface area contributed by atoms with E-state index in [2.05, 4.69) is 5.32 Å². The molecule has 3 rings (SSSR count). The lowest BCUT2D eigenvalue weighted by Crippen LogP contribution is -2.52. The van der Waals surface area contributed by atoms with Crippen LogP contribution >= 0.6 is 0 Å². The molecule has 0 saturated carbocycles. The first-order valence-electron chi connectivity index (χ1n) is 9.06. The van der Waals surface area contributed by atoms with E-state index in [0.29, 0.717) is 44.0 Å². The number of ketones is 1. The molecule has 2 amide bonds. The number of carbonyl (C=O) groups excluding carboxylic acids is 3. The first kappa shape index (κ1) is 18.5. The molecule has 2 fully saturated rings. The Bertz CT molecular complexity index is 677. The maximum atomic E-state index is 12.3. The molecule has 0 radical (unpaired) electrons. The van der Waals surface area contributed by atoms with Gasteiger partial charge in [0.2, 0.25) is 5.91 Å². The van der Waals surface area contributed by atoms with Crippen molar-refractivity contribution in [1.82, 2.24) is 9.80 Å². The summed E-state index contributed by atoms with van der Waals surface area (Å²) in [6.07, 6.45) is 1.47. The van der Waals surface area contributed by atoms with Crippen molar-refractivity contribution in [3.8, 4) is 0 Å². The molecule has 1 aromatic carbocycles. The molecule has 1 aromatic rings. The van der Waals surface area contributed by atoms with E-state index in [1.54, 1.807) is 24.3 Å². The van der Waals surface area contributed by atoms with Crippen molar-refractivity contribution in [2.24, 2.45) is 0 Å². The number of benzene rings is 1. The molecule has 1 N–H and O–H groups in total. The Balaban J connectivity index is 1.45. The summed E-state index contributed by atoms with van der Waals surface area (Å²) >= 11 is 0. The zero-order chi connectivity index (χ0) is 18.5. The molecule has 2 aliphatic heterocycles. The summed E-state index contributed by atoms with van der Waals surface area (Å²) < 4.78 is 5.46. The number of nitrogens with zero attached hydrogens (tertiary/aromatic N) is 2. The molecule has 1 atom stereocenters. The van der Waals surface area contributed by atoms with E-state index in [0.717, 1.165) is 12.8 Å². The molecule has 2 heterocycles. The van der Waals surface area contributed by atoms with E-state index in [1.807, 2.05) is 9.80 Å². The highest BCUT2D eigenvalue weighted by Gasteiger charge is 2.30. The fraction of sp³-hybridized carbons (Fsp3) is 0.526. The summed E-state index contributed by atoms with van der Waals surface area (Å²) in [4.78, 5) is 39.9. The first-order valence-corrected chi connectivity index (χ1v) is 9.06. The molecule has 1 unspecified atom stereocenters. The van der Waals surface area contributed by atoms with E-state index < -0.39 is 0 Å². The van der Waals surface area contributed by atoms with Gasteiger partial charge in [-0.1, -0.05) is 12.1 Å². The van der Waals surface area contributed by atoms with Crippen LogP contribution in [0.5, 0.6) is 0 Å². The minimum atomic E-state index is -0.279. The third-order valence-electron chi connectivity index (χ3n) is 4.81. The van der Waals surface area contributed by atoms with E-state index in [9.17, 15) is 14.4 Å². The van der Waals surface area contributed by atoms with Crippen molar-refractivity contribution in [1.29, 1.82) is 0 Å². The Morgan fingerprint density at radius 2 is 1.96 bits per heavy atom. The van der Waals surface area contributed by atoms with Crippen LogP contribution in [0.1, 0.15) is 30.1 Å². The molecular weight excluding hydrogens is 334 g/mol. The van der Waals surface area contributed by atoms with Gasteiger partial charge in [0.05, 0.1) is 6.54 Å². The average Bonchev–Trinajstić information content (AvgIpc) is 3.16. The smallest absolute Gasteiger partial charge is 0.251 e. The second-order valence-corrected chi connectivity index (χ2v) is 6.79. The van der Waals surface area contributed by atoms with Crippen molar-refractivity contribution in [2.75, 3.05) is 44.6 Å². The highest BCUT2D eigenvalue weighted by atomic mass is 16.5. The standard InChI is InChI=1S/C19H25N3O4/c1-14(23)15-4-2-5-16(12-15)20-18(24)13-21-7-9-22(10-8-21)19(25)17-6-3-11-26-17/h2,4-5,12,17H,3,6-11,13H2,1H3,(H,20,24). The van der Waals surface area contributed by atoms with Gasteiger partial charge in [0.25, 0.3) is 5.91 Å². The highest BCUT2D eigenvalue weighted by molar-refractivity contribution is 5.97. The highest BCUT2D eigenvalue weighted by Crippen LogP contribution is 2.16. The number of amides is 2. The van der Waals surface area contributed by atoms with Gasteiger partial charge in [0, 0.05) is 44.0 Å². The molecule has 2 saturated heterocycles. The van der Waals surface area contributed by atoms with E-state index in [1.165, 1.54) is 6.92 Å². The maximum Gasteiger partial charge on any atom is 0.251 e. The van der Waals surface area contributed by atoms with Crippen LogP contribution in [-0.2, 0) is 14.3 Å². The van der Waals surface area contributed by atoms with Crippen LogP contribution in [0.15, 0.2) is 24.3 Å². The Hall–Kier alpha value is -2.25. The number of carbonyl (C=O) groups is 3. The molecule has 0 bridgehead atoms. The van der Waals surface area contributed by atoms with Crippen molar-refractivity contribution in [2.45, 2.75) is 25.9 Å². The number of ether oxygens (including phenoxy) is 1. The summed E-state index contributed by atoms with van der Waals surface area (Å²) in [5.41, 5.74) is 1.19. The molecule has 0 spiro atoms. The Labute approximate surface area is 153 Å². The van der Waals surface area contributed by atoms with Gasteiger partial charge in [-0.3, -0.25) is 19.3 Å². The molecule has 7 nitrogen and oxygen atoms in total. The van der Waals surface area contributed by atoms with Gasteiger partial charge in [-0.25, -0.2) is 0 Å². The van der Waals surface area contributed by atoms with E-state index in [-0.39, 0.29) is 30.2 Å². The summed E-state index contributed by atoms with van der Waals surface area (Å²) in [5, 5.41) is 2.83. The third-order valence-corrected chi connectivity index (χ3v) is 4.81. The second kappa shape index (κ2) is 8.42. The molecule has 7 heteroatoms. The SMILES string of the molecule is CC(=O)c1cccc(NC(=O)CN2CCN(C(=O)C3CCCO3)CC2)c1. The van der Waals surface area contributed by atoms with Crippen molar-refractivity contribution in [3.63, 3.8) is 0 Å². The fourth-order valence-electron chi connectivity index (χ4n) is 3.32. The summed E-state index contributed by atoms with van der Waals surface area (Å²) in [5.74, 6) is -0.0783. The number of piperazine rings is 1. The van der Waals surface area contributed by atoms with Crippen LogP contribution in [0.3, 0.4) is 0 Å². The number of rotatable bonds is 5. The number of hydrogen-bond acceptors (Lipinski definition) is 5. The van der Waals surface area contributed by atoms with Gasteiger partial charge in [-0.2, -0.15) is 0 Å². The van der Waals surface area contributed by atoms with E-state index >= 15 is 0 Å². The van der Waals surface area contributed by atoms with Crippen LogP contribution in [0.4, 0.5) is 5.69 Å². The van der Waals surface area contributed by atoms with Crippen LogP contribution in [0.2, 0.25) is 0 Å². The lowest BCUT2D eigenvalue weighted by atomic mass is 10.1. The lowest BCUT2D eigenvalue weighted by Gasteiger charge is -2.35. The topological polar surface area (TPSA) is 79.0 Å². The van der Waals surface area contributed by atoms with Gasteiger partial charge >= 0.3 is 0 Å². The zero-order valence-electron chi connectivity index (χ0n) is 15.1. The predicted octanol–water partition coefficient (Wildman–Crippen LogP) is 1.15. The van der Waals surface area contributed by atoms with Gasteiger partial charge in [0.1, 0.15) is 6.10 Å². The average molecular weight is 359 g/mol. The number of anilines is 1. The molecule has 2 aliphatic rings. The summed E-state index contributed by atoms with van der Waals surface area (Å²) in [6, 6.07) is 6.92. The van der Waals surface area contributed by atoms with E-state index in [4.69, 9.17) is 4.74 Å². The number of Topliss-reactive ketones (excluding diaryl/α,β-unsaturated/α-hetero) is 1. The number of nitrogens with one attached hydrogen (secondary N) is 1. The molecule has 140 valence electrons.